The van der Waals surface area contributed by atoms with Crippen molar-refractivity contribution in [1.82, 2.24) is 5.32 Å². The van der Waals surface area contributed by atoms with Gasteiger partial charge < -0.3 is 10.5 Å². The monoisotopic (exact) mass is 316 g/mol. The number of hydrogen-bond donors (Lipinski definition) is 1. The van der Waals surface area contributed by atoms with Crippen molar-refractivity contribution in [2.45, 2.75) is 30.8 Å². The molecule has 0 bridgehead atoms. The van der Waals surface area contributed by atoms with Crippen molar-refractivity contribution in [3.05, 3.63) is 65.5 Å². The smallest absolute Gasteiger partial charge is 0.251 e. The SMILES string of the molecule is CCCC(NC(=O)CSc1cccc[n+]1[O-])c1ccccc1. The molecule has 0 aliphatic rings. The van der Waals surface area contributed by atoms with Crippen LogP contribution < -0.4 is 10.0 Å². The van der Waals surface area contributed by atoms with Crippen molar-refractivity contribution in [3.63, 3.8) is 0 Å². The van der Waals surface area contributed by atoms with E-state index in [0.717, 1.165) is 23.1 Å². The summed E-state index contributed by atoms with van der Waals surface area (Å²) in [4.78, 5) is 12.1. The number of nitrogens with one attached hydrogen (secondary N) is 1. The Morgan fingerprint density at radius 2 is 1.95 bits per heavy atom. The van der Waals surface area contributed by atoms with Crippen LogP contribution in [0.2, 0.25) is 0 Å². The van der Waals surface area contributed by atoms with Gasteiger partial charge in [-0.15, -0.1) is 0 Å². The highest BCUT2D eigenvalue weighted by Gasteiger charge is 2.15. The molecule has 0 aliphatic carbocycles. The van der Waals surface area contributed by atoms with Crippen LogP contribution in [0.5, 0.6) is 0 Å². The Kier molecular flexibility index (Phi) is 6.27. The molecule has 1 atom stereocenters. The number of aromatic nitrogens is 1. The number of carbonyl (C=O) groups is 1. The number of thioether (sulfide) groups is 1. The minimum atomic E-state index is -0.0591. The van der Waals surface area contributed by atoms with Gasteiger partial charge in [0, 0.05) is 12.1 Å². The molecule has 1 aromatic heterocycles. The number of amides is 1. The van der Waals surface area contributed by atoms with Crippen LogP contribution >= 0.6 is 11.8 Å². The van der Waals surface area contributed by atoms with Gasteiger partial charge in [-0.1, -0.05) is 43.7 Å². The highest BCUT2D eigenvalue weighted by molar-refractivity contribution is 7.99. The molecule has 1 unspecified atom stereocenters. The molecule has 0 aliphatic heterocycles. The van der Waals surface area contributed by atoms with Gasteiger partial charge in [0.2, 0.25) is 5.91 Å². The topological polar surface area (TPSA) is 56.0 Å². The van der Waals surface area contributed by atoms with Crippen molar-refractivity contribution in [2.24, 2.45) is 0 Å². The Labute approximate surface area is 135 Å². The molecule has 1 N–H and O–H groups in total. The maximum atomic E-state index is 12.1. The normalized spacial score (nSPS) is 11.9. The Hall–Kier alpha value is -2.01. The molecule has 116 valence electrons. The van der Waals surface area contributed by atoms with Crippen molar-refractivity contribution in [1.29, 1.82) is 0 Å². The molecule has 0 saturated heterocycles. The van der Waals surface area contributed by atoms with Crippen LogP contribution in [0.25, 0.3) is 0 Å². The molecule has 2 aromatic rings. The third kappa shape index (κ3) is 4.77. The summed E-state index contributed by atoms with van der Waals surface area (Å²) in [5, 5.41) is 15.1. The Morgan fingerprint density at radius 1 is 1.23 bits per heavy atom. The van der Waals surface area contributed by atoms with Crippen molar-refractivity contribution >= 4 is 17.7 Å². The summed E-state index contributed by atoms with van der Waals surface area (Å²) in [7, 11) is 0. The van der Waals surface area contributed by atoms with Gasteiger partial charge in [-0.2, -0.15) is 4.73 Å². The van der Waals surface area contributed by atoms with E-state index in [1.807, 2.05) is 30.3 Å². The van der Waals surface area contributed by atoms with E-state index in [-0.39, 0.29) is 17.7 Å². The molecule has 1 aromatic carbocycles. The van der Waals surface area contributed by atoms with Gasteiger partial charge >= 0.3 is 0 Å². The zero-order valence-corrected chi connectivity index (χ0v) is 13.4. The van der Waals surface area contributed by atoms with Crippen molar-refractivity contribution in [3.8, 4) is 0 Å². The molecule has 5 heteroatoms. The van der Waals surface area contributed by atoms with Crippen LogP contribution in [0, 0.1) is 5.21 Å². The lowest BCUT2D eigenvalue weighted by atomic mass is 10.0. The summed E-state index contributed by atoms with van der Waals surface area (Å²) in [5.41, 5.74) is 1.11. The highest BCUT2D eigenvalue weighted by Crippen LogP contribution is 2.19. The van der Waals surface area contributed by atoms with E-state index in [9.17, 15) is 10.0 Å². The summed E-state index contributed by atoms with van der Waals surface area (Å²) in [5.74, 6) is 0.176. The molecule has 1 amide bonds. The van der Waals surface area contributed by atoms with E-state index < -0.39 is 0 Å². The van der Waals surface area contributed by atoms with Crippen LogP contribution in [0.3, 0.4) is 0 Å². The fourth-order valence-electron chi connectivity index (χ4n) is 2.20. The lowest BCUT2D eigenvalue weighted by Crippen LogP contribution is -2.32. The standard InChI is InChI=1S/C17H20N2O2S/c1-2-8-15(14-9-4-3-5-10-14)18-16(20)13-22-17-11-6-7-12-19(17)21/h3-7,9-12,15H,2,8,13H2,1H3,(H,18,20). The molecule has 4 nitrogen and oxygen atoms in total. The van der Waals surface area contributed by atoms with E-state index in [0.29, 0.717) is 5.03 Å². The number of benzene rings is 1. The van der Waals surface area contributed by atoms with Gasteiger partial charge in [-0.3, -0.25) is 4.79 Å². The lowest BCUT2D eigenvalue weighted by molar-refractivity contribution is -0.645. The van der Waals surface area contributed by atoms with E-state index in [4.69, 9.17) is 0 Å². The average Bonchev–Trinajstić information content (AvgIpc) is 2.54. The first-order valence-corrected chi connectivity index (χ1v) is 8.34. The van der Waals surface area contributed by atoms with Crippen molar-refractivity contribution < 1.29 is 9.52 Å². The number of carbonyl (C=O) groups excluding carboxylic acids is 1. The molecule has 1 heterocycles. The van der Waals surface area contributed by atoms with Crippen molar-refractivity contribution in [2.75, 3.05) is 5.75 Å². The van der Waals surface area contributed by atoms with E-state index in [1.54, 1.807) is 18.2 Å². The second-order valence-corrected chi connectivity index (χ2v) is 5.97. The highest BCUT2D eigenvalue weighted by atomic mass is 32.2. The third-order valence-corrected chi connectivity index (χ3v) is 4.27. The maximum Gasteiger partial charge on any atom is 0.251 e. The number of rotatable bonds is 7. The van der Waals surface area contributed by atoms with E-state index in [2.05, 4.69) is 12.2 Å². The zero-order chi connectivity index (χ0) is 15.8. The Balaban J connectivity index is 1.93. The molecule has 22 heavy (non-hydrogen) atoms. The van der Waals surface area contributed by atoms with Crippen LogP contribution in [-0.2, 0) is 4.79 Å². The Bertz CT molecular complexity index is 605. The predicted molar refractivity (Wildman–Crippen MR) is 88.4 cm³/mol. The second kappa shape index (κ2) is 8.44. The second-order valence-electron chi connectivity index (χ2n) is 4.97. The van der Waals surface area contributed by atoms with Gasteiger partial charge in [-0.05, 0) is 29.8 Å². The first kappa shape index (κ1) is 16.4. The van der Waals surface area contributed by atoms with Gasteiger partial charge in [0.05, 0.1) is 11.8 Å². The van der Waals surface area contributed by atoms with E-state index in [1.165, 1.54) is 18.0 Å². The summed E-state index contributed by atoms with van der Waals surface area (Å²) in [6.07, 6.45) is 3.32. The molecule has 2 rings (SSSR count). The summed E-state index contributed by atoms with van der Waals surface area (Å²) >= 11 is 1.25. The maximum absolute atomic E-state index is 12.1. The van der Waals surface area contributed by atoms with Gasteiger partial charge in [-0.25, -0.2) is 0 Å². The minimum absolute atomic E-state index is 0.0226. The molecule has 0 radical (unpaired) electrons. The van der Waals surface area contributed by atoms with Crippen LogP contribution in [0.1, 0.15) is 31.4 Å². The lowest BCUT2D eigenvalue weighted by Gasteiger charge is -2.18. The molecular formula is C17H20N2O2S. The Morgan fingerprint density at radius 3 is 2.64 bits per heavy atom. The first-order valence-electron chi connectivity index (χ1n) is 7.36. The van der Waals surface area contributed by atoms with Gasteiger partial charge in [0.15, 0.2) is 6.20 Å². The summed E-state index contributed by atoms with van der Waals surface area (Å²) < 4.78 is 0.776. The van der Waals surface area contributed by atoms with Gasteiger partial charge in [0.25, 0.3) is 5.03 Å². The predicted octanol–water partition coefficient (Wildman–Crippen LogP) is 3.07. The molecule has 0 fully saturated rings. The molecule has 0 saturated carbocycles. The number of pyridine rings is 1. The van der Waals surface area contributed by atoms with Crippen LogP contribution in [-0.4, -0.2) is 11.7 Å². The van der Waals surface area contributed by atoms with Crippen LogP contribution in [0.4, 0.5) is 0 Å². The number of nitrogens with zero attached hydrogens (tertiary/aromatic N) is 1. The fourth-order valence-corrected chi connectivity index (χ4v) is 2.92. The summed E-state index contributed by atoms with van der Waals surface area (Å²) in [6.45, 7) is 2.10. The van der Waals surface area contributed by atoms with Gasteiger partial charge in [0.1, 0.15) is 0 Å². The third-order valence-electron chi connectivity index (χ3n) is 3.25. The fraction of sp³-hybridized carbons (Fsp3) is 0.294. The minimum Gasteiger partial charge on any atom is -0.618 e. The molecule has 0 spiro atoms. The molecular weight excluding hydrogens is 296 g/mol. The quantitative estimate of drug-likeness (QED) is 0.485. The number of hydrogen-bond acceptors (Lipinski definition) is 3. The zero-order valence-electron chi connectivity index (χ0n) is 12.6. The first-order chi connectivity index (χ1) is 10.7. The average molecular weight is 316 g/mol. The largest absolute Gasteiger partial charge is 0.618 e. The van der Waals surface area contributed by atoms with Crippen LogP contribution in [0.15, 0.2) is 59.8 Å². The van der Waals surface area contributed by atoms with E-state index >= 15 is 0 Å². The summed E-state index contributed by atoms with van der Waals surface area (Å²) in [6, 6.07) is 15.2.